The molecule has 5 heteroatoms. The molecular weight excluding hydrogens is 143 g/mol. The summed E-state index contributed by atoms with van der Waals surface area (Å²) in [4.78, 5) is 0. The van der Waals surface area contributed by atoms with Crippen LogP contribution in [0.3, 0.4) is 0 Å². The molecule has 4 N–H and O–H groups in total. The Morgan fingerprint density at radius 1 is 1.50 bits per heavy atom. The Bertz CT molecular complexity index is 44.8. The molecule has 6 heavy (non-hydrogen) atoms. The molecule has 0 heterocycles. The van der Waals surface area contributed by atoms with Crippen molar-refractivity contribution in [3.05, 3.63) is 0 Å². The van der Waals surface area contributed by atoms with E-state index in [1.807, 2.05) is 0 Å². The summed E-state index contributed by atoms with van der Waals surface area (Å²) in [6.45, 7) is 0. The Kier molecular flexibility index (Phi) is 13.9. The normalized spacial score (nSPS) is 4.67. The molecule has 0 aliphatic rings. The first-order valence-corrected chi connectivity index (χ1v) is 1.83. The Morgan fingerprint density at radius 3 is 1.50 bits per heavy atom. The third-order valence-corrected chi connectivity index (χ3v) is 0. The van der Waals surface area contributed by atoms with Crippen LogP contribution in [0.25, 0.3) is 0 Å². The summed E-state index contributed by atoms with van der Waals surface area (Å²) in [6, 6.07) is 0. The van der Waals surface area contributed by atoms with Gasteiger partial charge in [0.25, 0.3) is 0 Å². The molecule has 0 aromatic carbocycles. The van der Waals surface area contributed by atoms with Gasteiger partial charge in [-0.2, -0.15) is 0 Å². The summed E-state index contributed by atoms with van der Waals surface area (Å²) in [5.74, 6) is 0. The zero-order chi connectivity index (χ0) is 5.58. The third-order valence-electron chi connectivity index (χ3n) is 0. The monoisotopic (exact) mass is 147 g/mol. The molecule has 0 rings (SSSR count). The van der Waals surface area contributed by atoms with Crippen molar-refractivity contribution < 1.29 is 19.8 Å². The van der Waals surface area contributed by atoms with E-state index < -0.39 is 0 Å². The Morgan fingerprint density at radius 2 is 1.50 bits per heavy atom. The predicted octanol–water partition coefficient (Wildman–Crippen LogP) is -0.933. The van der Waals surface area contributed by atoms with E-state index >= 15 is 0 Å². The van der Waals surface area contributed by atoms with Gasteiger partial charge in [-0.15, -0.1) is 0 Å². The molecule has 3 nitrogen and oxygen atoms in total. The second-order valence-electron chi connectivity index (χ2n) is 0.402. The van der Waals surface area contributed by atoms with E-state index in [0.29, 0.717) is 0 Å². The number of thiocarbonyl (C=S) groups is 1. The molecule has 0 aliphatic carbocycles. The van der Waals surface area contributed by atoms with Crippen LogP contribution in [0.15, 0.2) is 0 Å². The van der Waals surface area contributed by atoms with Crippen molar-refractivity contribution in [1.29, 1.82) is 0 Å². The summed E-state index contributed by atoms with van der Waals surface area (Å²) < 4.78 is 8.06. The van der Waals surface area contributed by atoms with Crippen LogP contribution in [0.4, 0.5) is 0 Å². The minimum absolute atomic E-state index is 0.000000000000000222. The van der Waals surface area contributed by atoms with Crippen molar-refractivity contribution in [1.82, 2.24) is 0 Å². The predicted molar refractivity (Wildman–Crippen MR) is 21.7 cm³/mol. The minimum atomic E-state index is 0.000000000000000222. The quantitative estimate of drug-likeness (QED) is 0.343. The maximum atomic E-state index is 8.06. The molecule has 0 bridgehead atoms. The summed E-state index contributed by atoms with van der Waals surface area (Å²) >= 11 is 5.78. The standard InChI is InChI=1S/CH4N2S.Mn.O/c2-1(3)4;;/h(H4,2,3,4);;. The van der Waals surface area contributed by atoms with E-state index in [1.165, 1.54) is 0 Å². The Hall–Kier alpha value is 0.00948. The van der Waals surface area contributed by atoms with Gasteiger partial charge in [0.1, 0.15) is 0 Å². The summed E-state index contributed by atoms with van der Waals surface area (Å²) in [5.41, 5.74) is 9.24. The first-order valence-electron chi connectivity index (χ1n) is 0.936. The van der Waals surface area contributed by atoms with E-state index in [2.05, 4.69) is 23.7 Å². The molecule has 0 unspecified atom stereocenters. The molecule has 0 saturated carbocycles. The Balaban J connectivity index is 0. The molecule has 0 aromatic rings. The van der Waals surface area contributed by atoms with E-state index in [9.17, 15) is 0 Å². The molecule has 0 atom stereocenters. The van der Waals surface area contributed by atoms with Crippen LogP contribution in [0.2, 0.25) is 0 Å². The topological polar surface area (TPSA) is 69.1 Å². The van der Waals surface area contributed by atoms with Crippen molar-refractivity contribution in [3.63, 3.8) is 0 Å². The van der Waals surface area contributed by atoms with Gasteiger partial charge >= 0.3 is 19.8 Å². The van der Waals surface area contributed by atoms with Crippen LogP contribution < -0.4 is 11.5 Å². The average molecular weight is 147 g/mol. The van der Waals surface area contributed by atoms with Crippen LogP contribution in [-0.4, -0.2) is 5.11 Å². The molecule has 37 valence electrons. The maximum absolute atomic E-state index is 8.06. The number of hydrogen-bond acceptors (Lipinski definition) is 2. The molecule has 0 aliphatic heterocycles. The van der Waals surface area contributed by atoms with Gasteiger partial charge in [-0.05, 0) is 12.2 Å². The van der Waals surface area contributed by atoms with Crippen molar-refractivity contribution in [3.8, 4) is 0 Å². The third kappa shape index (κ3) is 404000. The number of rotatable bonds is 0. The fourth-order valence-corrected chi connectivity index (χ4v) is 0. The fraction of sp³-hybridized carbons (Fsp3) is 0. The summed E-state index contributed by atoms with van der Waals surface area (Å²) in [5, 5.41) is 0.000000000000000222. The molecular formula is CH4MnN2OS. The van der Waals surface area contributed by atoms with Crippen molar-refractivity contribution >= 4 is 17.3 Å². The molecule has 0 fully saturated rings. The van der Waals surface area contributed by atoms with Crippen molar-refractivity contribution in [2.45, 2.75) is 0 Å². The van der Waals surface area contributed by atoms with Crippen molar-refractivity contribution in [2.75, 3.05) is 0 Å². The fourth-order valence-electron chi connectivity index (χ4n) is 0. The molecule has 0 spiro atoms. The van der Waals surface area contributed by atoms with Gasteiger partial charge in [-0.3, -0.25) is 0 Å². The number of nitrogens with two attached hydrogens (primary N) is 2. The van der Waals surface area contributed by atoms with E-state index in [-0.39, 0.29) is 5.11 Å². The van der Waals surface area contributed by atoms with Gasteiger partial charge in [0, 0.05) is 0 Å². The van der Waals surface area contributed by atoms with Gasteiger partial charge in [-0.25, -0.2) is 0 Å². The van der Waals surface area contributed by atoms with Gasteiger partial charge in [0.15, 0.2) is 5.11 Å². The van der Waals surface area contributed by atoms with Crippen LogP contribution in [0.1, 0.15) is 0 Å². The summed E-state index contributed by atoms with van der Waals surface area (Å²) in [6.07, 6.45) is 0. The van der Waals surface area contributed by atoms with E-state index in [0.717, 1.165) is 0 Å². The molecule has 0 radical (unpaired) electrons. The van der Waals surface area contributed by atoms with Crippen molar-refractivity contribution in [2.24, 2.45) is 11.5 Å². The number of hydrogen-bond donors (Lipinski definition) is 2. The molecule has 0 saturated heterocycles. The molecule has 0 aromatic heterocycles. The Labute approximate surface area is 49.1 Å². The zero-order valence-electron chi connectivity index (χ0n) is 2.85. The van der Waals surface area contributed by atoms with Gasteiger partial charge in [0.2, 0.25) is 0 Å². The first-order chi connectivity index (χ1) is 2.73. The molecule has 0 amide bonds. The zero-order valence-corrected chi connectivity index (χ0v) is 4.85. The SMILES string of the molecule is NC(N)=S.[O]=[Mn]. The van der Waals surface area contributed by atoms with E-state index in [1.54, 1.807) is 15.9 Å². The second kappa shape index (κ2) is 8.89. The van der Waals surface area contributed by atoms with Gasteiger partial charge < -0.3 is 11.5 Å². The van der Waals surface area contributed by atoms with Crippen LogP contribution in [0, 0.1) is 0 Å². The van der Waals surface area contributed by atoms with Gasteiger partial charge in [-0.1, -0.05) is 0 Å². The summed E-state index contributed by atoms with van der Waals surface area (Å²) in [7, 11) is 0. The van der Waals surface area contributed by atoms with Gasteiger partial charge in [0.05, 0.1) is 0 Å². The average Bonchev–Trinajstić information content (AvgIpc) is 1.41. The van der Waals surface area contributed by atoms with Crippen LogP contribution in [-0.2, 0) is 19.8 Å². The van der Waals surface area contributed by atoms with Crippen LogP contribution in [0.5, 0.6) is 0 Å². The first kappa shape index (κ1) is 9.38. The van der Waals surface area contributed by atoms with E-state index in [4.69, 9.17) is 3.83 Å². The second-order valence-corrected chi connectivity index (χ2v) is 0.874. The van der Waals surface area contributed by atoms with Crippen LogP contribution >= 0.6 is 12.2 Å².